The van der Waals surface area contributed by atoms with E-state index in [-0.39, 0.29) is 0 Å². The van der Waals surface area contributed by atoms with Gasteiger partial charge >= 0.3 is 0 Å². The molecule has 0 aromatic carbocycles. The summed E-state index contributed by atoms with van der Waals surface area (Å²) in [5.74, 6) is 2.34. The van der Waals surface area contributed by atoms with Gasteiger partial charge in [-0.15, -0.1) is 0 Å². The average molecular weight is 235 g/mol. The van der Waals surface area contributed by atoms with Crippen LogP contribution >= 0.6 is 11.8 Å². The minimum atomic E-state index is 0.547. The zero-order chi connectivity index (χ0) is 11.0. The van der Waals surface area contributed by atoms with Crippen molar-refractivity contribution >= 4 is 11.8 Å². The quantitative estimate of drug-likeness (QED) is 0.808. The molecule has 3 nitrogen and oxygen atoms in total. The molecular weight excluding hydrogens is 218 g/mol. The lowest BCUT2D eigenvalue weighted by Crippen LogP contribution is -2.26. The van der Waals surface area contributed by atoms with Crippen molar-refractivity contribution in [2.45, 2.75) is 38.0 Å². The first-order valence-electron chi connectivity index (χ1n) is 6.03. The van der Waals surface area contributed by atoms with Gasteiger partial charge in [0.1, 0.15) is 5.82 Å². The Balaban J connectivity index is 1.97. The Kier molecular flexibility index (Phi) is 2.86. The highest BCUT2D eigenvalue weighted by Crippen LogP contribution is 2.38. The molecule has 2 aliphatic heterocycles. The van der Waals surface area contributed by atoms with Gasteiger partial charge in [0.25, 0.3) is 0 Å². The van der Waals surface area contributed by atoms with E-state index >= 15 is 0 Å². The van der Waals surface area contributed by atoms with Crippen LogP contribution in [0.1, 0.15) is 40.9 Å². The minimum absolute atomic E-state index is 0.547. The second-order valence-electron chi connectivity index (χ2n) is 4.52. The standard InChI is InChI=1S/C12H17N3S/c1-8-9-4-5-13-7-10(9)15-12(14-8)11-3-2-6-16-11/h11,13H,2-7H2,1H3. The fraction of sp³-hybridized carbons (Fsp3) is 0.667. The van der Waals surface area contributed by atoms with E-state index in [1.54, 1.807) is 0 Å². The van der Waals surface area contributed by atoms with E-state index in [1.165, 1.54) is 35.5 Å². The van der Waals surface area contributed by atoms with Crippen molar-refractivity contribution in [1.29, 1.82) is 0 Å². The zero-order valence-electron chi connectivity index (χ0n) is 9.62. The number of nitrogens with zero attached hydrogens (tertiary/aromatic N) is 2. The Morgan fingerprint density at radius 3 is 3.12 bits per heavy atom. The zero-order valence-corrected chi connectivity index (χ0v) is 10.4. The molecule has 3 heterocycles. The van der Waals surface area contributed by atoms with Crippen LogP contribution in [0.4, 0.5) is 0 Å². The number of fused-ring (bicyclic) bond motifs is 1. The number of thioether (sulfide) groups is 1. The van der Waals surface area contributed by atoms with Crippen molar-refractivity contribution in [3.8, 4) is 0 Å². The van der Waals surface area contributed by atoms with Crippen LogP contribution in [0.3, 0.4) is 0 Å². The van der Waals surface area contributed by atoms with Crippen molar-refractivity contribution in [2.24, 2.45) is 0 Å². The highest BCUT2D eigenvalue weighted by Gasteiger charge is 2.23. The van der Waals surface area contributed by atoms with Crippen LogP contribution in [0.2, 0.25) is 0 Å². The molecule has 1 aromatic rings. The predicted molar refractivity (Wildman–Crippen MR) is 66.6 cm³/mol. The maximum absolute atomic E-state index is 4.76. The summed E-state index contributed by atoms with van der Waals surface area (Å²) in [4.78, 5) is 9.47. The SMILES string of the molecule is Cc1nc(C2CCCS2)nc2c1CCNC2. The van der Waals surface area contributed by atoms with Crippen molar-refractivity contribution in [2.75, 3.05) is 12.3 Å². The highest BCUT2D eigenvalue weighted by atomic mass is 32.2. The molecule has 2 aliphatic rings. The van der Waals surface area contributed by atoms with Gasteiger partial charge in [0, 0.05) is 12.2 Å². The van der Waals surface area contributed by atoms with Gasteiger partial charge in [0.05, 0.1) is 10.9 Å². The second kappa shape index (κ2) is 4.34. The lowest BCUT2D eigenvalue weighted by molar-refractivity contribution is 0.608. The first-order chi connectivity index (χ1) is 7.84. The largest absolute Gasteiger partial charge is 0.311 e. The normalized spacial score (nSPS) is 24.4. The molecular formula is C12H17N3S. The third-order valence-corrected chi connectivity index (χ3v) is 4.75. The van der Waals surface area contributed by atoms with Crippen molar-refractivity contribution < 1.29 is 0 Å². The minimum Gasteiger partial charge on any atom is -0.311 e. The molecule has 1 fully saturated rings. The molecule has 0 saturated carbocycles. The highest BCUT2D eigenvalue weighted by molar-refractivity contribution is 7.99. The summed E-state index contributed by atoms with van der Waals surface area (Å²) in [6.45, 7) is 4.12. The second-order valence-corrected chi connectivity index (χ2v) is 5.83. The van der Waals surface area contributed by atoms with E-state index in [4.69, 9.17) is 9.97 Å². The molecule has 1 N–H and O–H groups in total. The fourth-order valence-electron chi connectivity index (χ4n) is 2.50. The van der Waals surface area contributed by atoms with Crippen LogP contribution in [0.15, 0.2) is 0 Å². The summed E-state index contributed by atoms with van der Waals surface area (Å²) in [5.41, 5.74) is 3.82. The molecule has 16 heavy (non-hydrogen) atoms. The Labute approximate surface area is 100 Å². The van der Waals surface area contributed by atoms with E-state index in [9.17, 15) is 0 Å². The van der Waals surface area contributed by atoms with Gasteiger partial charge in [-0.2, -0.15) is 11.8 Å². The predicted octanol–water partition coefficient (Wildman–Crippen LogP) is 2.00. The van der Waals surface area contributed by atoms with Gasteiger partial charge in [-0.3, -0.25) is 0 Å². The van der Waals surface area contributed by atoms with Crippen molar-refractivity contribution in [3.63, 3.8) is 0 Å². The number of aromatic nitrogens is 2. The Morgan fingerprint density at radius 2 is 2.31 bits per heavy atom. The molecule has 1 atom stereocenters. The first kappa shape index (κ1) is 10.5. The van der Waals surface area contributed by atoms with Gasteiger partial charge in [-0.1, -0.05) is 0 Å². The summed E-state index contributed by atoms with van der Waals surface area (Å²) < 4.78 is 0. The summed E-state index contributed by atoms with van der Waals surface area (Å²) in [7, 11) is 0. The Bertz CT molecular complexity index is 399. The molecule has 1 aromatic heterocycles. The summed E-state index contributed by atoms with van der Waals surface area (Å²) in [5, 5.41) is 3.94. The molecule has 0 radical (unpaired) electrons. The number of nitrogens with one attached hydrogen (secondary N) is 1. The average Bonchev–Trinajstić information content (AvgIpc) is 2.82. The third kappa shape index (κ3) is 1.84. The van der Waals surface area contributed by atoms with E-state index < -0.39 is 0 Å². The van der Waals surface area contributed by atoms with Crippen molar-refractivity contribution in [3.05, 3.63) is 22.8 Å². The molecule has 1 saturated heterocycles. The molecule has 0 aliphatic carbocycles. The fourth-order valence-corrected chi connectivity index (χ4v) is 3.70. The monoisotopic (exact) mass is 235 g/mol. The molecule has 0 amide bonds. The van der Waals surface area contributed by atoms with E-state index in [0.29, 0.717) is 5.25 Å². The van der Waals surface area contributed by atoms with E-state index in [1.807, 2.05) is 11.8 Å². The number of hydrogen-bond acceptors (Lipinski definition) is 4. The van der Waals surface area contributed by atoms with Crippen LogP contribution in [0.25, 0.3) is 0 Å². The molecule has 86 valence electrons. The topological polar surface area (TPSA) is 37.8 Å². The van der Waals surface area contributed by atoms with Crippen LogP contribution in [-0.2, 0) is 13.0 Å². The number of rotatable bonds is 1. The van der Waals surface area contributed by atoms with Crippen LogP contribution in [-0.4, -0.2) is 22.3 Å². The Morgan fingerprint density at radius 1 is 1.38 bits per heavy atom. The summed E-state index contributed by atoms with van der Waals surface area (Å²) in [6, 6.07) is 0. The maximum atomic E-state index is 4.76. The van der Waals surface area contributed by atoms with Gasteiger partial charge in [0.2, 0.25) is 0 Å². The molecule has 0 bridgehead atoms. The lowest BCUT2D eigenvalue weighted by atomic mass is 10.0. The third-order valence-electron chi connectivity index (χ3n) is 3.38. The van der Waals surface area contributed by atoms with Gasteiger partial charge in [-0.05, 0) is 44.0 Å². The summed E-state index contributed by atoms with van der Waals surface area (Å²) in [6.07, 6.45) is 3.64. The number of aryl methyl sites for hydroxylation is 1. The lowest BCUT2D eigenvalue weighted by Gasteiger charge is -2.20. The van der Waals surface area contributed by atoms with Gasteiger partial charge < -0.3 is 5.32 Å². The van der Waals surface area contributed by atoms with Crippen LogP contribution in [0, 0.1) is 6.92 Å². The van der Waals surface area contributed by atoms with Gasteiger partial charge in [-0.25, -0.2) is 9.97 Å². The molecule has 0 spiro atoms. The van der Waals surface area contributed by atoms with Crippen molar-refractivity contribution in [1.82, 2.24) is 15.3 Å². The molecule has 1 unspecified atom stereocenters. The summed E-state index contributed by atoms with van der Waals surface area (Å²) >= 11 is 2.01. The molecule has 4 heteroatoms. The smallest absolute Gasteiger partial charge is 0.141 e. The number of hydrogen-bond donors (Lipinski definition) is 1. The Hall–Kier alpha value is -0.610. The van der Waals surface area contributed by atoms with Gasteiger partial charge in [0.15, 0.2) is 0 Å². The maximum Gasteiger partial charge on any atom is 0.141 e. The van der Waals surface area contributed by atoms with Crippen LogP contribution < -0.4 is 5.32 Å². The van der Waals surface area contributed by atoms with Crippen LogP contribution in [0.5, 0.6) is 0 Å². The van der Waals surface area contributed by atoms with E-state index in [2.05, 4.69) is 12.2 Å². The first-order valence-corrected chi connectivity index (χ1v) is 7.08. The molecule has 3 rings (SSSR count). The van der Waals surface area contributed by atoms with E-state index in [0.717, 1.165) is 25.3 Å².